The first kappa shape index (κ1) is 16.7. The van der Waals surface area contributed by atoms with Gasteiger partial charge in [0.25, 0.3) is 0 Å². The highest BCUT2D eigenvalue weighted by Crippen LogP contribution is 2.25. The summed E-state index contributed by atoms with van der Waals surface area (Å²) in [4.78, 5) is 16.2. The predicted octanol–water partition coefficient (Wildman–Crippen LogP) is 3.14. The van der Waals surface area contributed by atoms with E-state index < -0.39 is 6.04 Å². The van der Waals surface area contributed by atoms with Crippen LogP contribution in [0.5, 0.6) is 0 Å². The minimum atomic E-state index is -0.513. The highest BCUT2D eigenvalue weighted by molar-refractivity contribution is 7.14. The molecule has 110 valence electrons. The van der Waals surface area contributed by atoms with E-state index in [1.54, 1.807) is 12.3 Å². The lowest BCUT2D eigenvalue weighted by atomic mass is 10.00. The number of carbonyl (C=O) groups excluding carboxylic acids is 1. The summed E-state index contributed by atoms with van der Waals surface area (Å²) in [6.45, 7) is 3.97. The average molecular weight is 316 g/mol. The van der Waals surface area contributed by atoms with Crippen molar-refractivity contribution in [3.8, 4) is 11.5 Å². The standard InChI is InChI=1S/C13H17N3O2S.ClH/c1-3-8(2)11(14)12(17)16-13-15-9(7-19-13)10-5-4-6-18-10;/h4-8,11H,3,14H2,1-2H3,(H,15,16,17);1H. The van der Waals surface area contributed by atoms with E-state index in [9.17, 15) is 4.79 Å². The fourth-order valence-corrected chi connectivity index (χ4v) is 2.27. The lowest BCUT2D eigenvalue weighted by molar-refractivity contribution is -0.118. The summed E-state index contributed by atoms with van der Waals surface area (Å²) in [7, 11) is 0. The first-order chi connectivity index (χ1) is 9.11. The third-order valence-electron chi connectivity index (χ3n) is 3.07. The van der Waals surface area contributed by atoms with Crippen molar-refractivity contribution in [1.29, 1.82) is 0 Å². The van der Waals surface area contributed by atoms with Crippen LogP contribution in [0.2, 0.25) is 0 Å². The van der Waals surface area contributed by atoms with Gasteiger partial charge in [0.2, 0.25) is 5.91 Å². The number of halogens is 1. The monoisotopic (exact) mass is 315 g/mol. The third kappa shape index (κ3) is 3.82. The Morgan fingerprint density at radius 2 is 2.35 bits per heavy atom. The largest absolute Gasteiger partial charge is 0.463 e. The second-order valence-corrected chi connectivity index (χ2v) is 5.27. The maximum atomic E-state index is 11.9. The zero-order chi connectivity index (χ0) is 13.8. The Bertz CT molecular complexity index is 542. The van der Waals surface area contributed by atoms with E-state index in [4.69, 9.17) is 10.2 Å². The molecule has 0 saturated carbocycles. The zero-order valence-electron chi connectivity index (χ0n) is 11.3. The van der Waals surface area contributed by atoms with Gasteiger partial charge in [-0.3, -0.25) is 4.79 Å². The zero-order valence-corrected chi connectivity index (χ0v) is 13.0. The van der Waals surface area contributed by atoms with Gasteiger partial charge < -0.3 is 15.5 Å². The highest BCUT2D eigenvalue weighted by Gasteiger charge is 2.20. The van der Waals surface area contributed by atoms with Crippen LogP contribution < -0.4 is 11.1 Å². The number of nitrogens with two attached hydrogens (primary N) is 1. The molecular formula is C13H18ClN3O2S. The topological polar surface area (TPSA) is 81.2 Å². The molecule has 0 fully saturated rings. The Balaban J connectivity index is 0.00000200. The number of carbonyl (C=O) groups is 1. The molecule has 0 aliphatic carbocycles. The fourth-order valence-electron chi connectivity index (χ4n) is 1.57. The molecule has 7 heteroatoms. The molecule has 5 nitrogen and oxygen atoms in total. The Morgan fingerprint density at radius 1 is 1.60 bits per heavy atom. The number of anilines is 1. The van der Waals surface area contributed by atoms with E-state index in [0.717, 1.165) is 6.42 Å². The molecule has 2 rings (SSSR count). The van der Waals surface area contributed by atoms with Crippen molar-refractivity contribution in [2.75, 3.05) is 5.32 Å². The van der Waals surface area contributed by atoms with Crippen LogP contribution in [0.25, 0.3) is 11.5 Å². The first-order valence-corrected chi connectivity index (χ1v) is 7.05. The quantitative estimate of drug-likeness (QED) is 0.888. The Morgan fingerprint density at radius 3 is 2.95 bits per heavy atom. The van der Waals surface area contributed by atoms with Crippen molar-refractivity contribution in [3.63, 3.8) is 0 Å². The van der Waals surface area contributed by atoms with Crippen LogP contribution in [-0.4, -0.2) is 16.9 Å². The number of nitrogens with one attached hydrogen (secondary N) is 1. The van der Waals surface area contributed by atoms with E-state index in [1.165, 1.54) is 11.3 Å². The molecule has 0 spiro atoms. The number of amides is 1. The smallest absolute Gasteiger partial charge is 0.243 e. The van der Waals surface area contributed by atoms with Crippen molar-refractivity contribution in [2.24, 2.45) is 11.7 Å². The summed E-state index contributed by atoms with van der Waals surface area (Å²) < 4.78 is 5.25. The van der Waals surface area contributed by atoms with Crippen LogP contribution in [0.1, 0.15) is 20.3 Å². The predicted molar refractivity (Wildman–Crippen MR) is 83.1 cm³/mol. The molecule has 3 N–H and O–H groups in total. The Kier molecular flexibility index (Phi) is 6.19. The summed E-state index contributed by atoms with van der Waals surface area (Å²) in [5.41, 5.74) is 6.58. The van der Waals surface area contributed by atoms with Gasteiger partial charge in [-0.15, -0.1) is 23.7 Å². The van der Waals surface area contributed by atoms with Gasteiger partial charge in [0.1, 0.15) is 5.69 Å². The lowest BCUT2D eigenvalue weighted by Crippen LogP contribution is -2.40. The summed E-state index contributed by atoms with van der Waals surface area (Å²) in [6, 6.07) is 3.11. The second kappa shape index (κ2) is 7.42. The number of furan rings is 1. The molecule has 0 aliphatic heterocycles. The molecular weight excluding hydrogens is 298 g/mol. The van der Waals surface area contributed by atoms with E-state index >= 15 is 0 Å². The first-order valence-electron chi connectivity index (χ1n) is 6.17. The van der Waals surface area contributed by atoms with Gasteiger partial charge >= 0.3 is 0 Å². The van der Waals surface area contributed by atoms with Gasteiger partial charge in [-0.05, 0) is 18.1 Å². The molecule has 0 aromatic carbocycles. The van der Waals surface area contributed by atoms with Gasteiger partial charge in [0, 0.05) is 5.38 Å². The molecule has 0 aliphatic rings. The van der Waals surface area contributed by atoms with Crippen LogP contribution in [0.4, 0.5) is 5.13 Å². The Labute approximate surface area is 128 Å². The van der Waals surface area contributed by atoms with Crippen LogP contribution >= 0.6 is 23.7 Å². The molecule has 2 heterocycles. The Hall–Kier alpha value is -1.37. The van der Waals surface area contributed by atoms with Gasteiger partial charge in [-0.2, -0.15) is 0 Å². The number of hydrogen-bond donors (Lipinski definition) is 2. The number of rotatable bonds is 5. The van der Waals surface area contributed by atoms with Crippen molar-refractivity contribution in [1.82, 2.24) is 4.98 Å². The molecule has 2 aromatic rings. The lowest BCUT2D eigenvalue weighted by Gasteiger charge is -2.16. The van der Waals surface area contributed by atoms with Crippen LogP contribution in [0, 0.1) is 5.92 Å². The van der Waals surface area contributed by atoms with Gasteiger partial charge in [0.05, 0.1) is 12.3 Å². The molecule has 0 bridgehead atoms. The molecule has 1 amide bonds. The van der Waals surface area contributed by atoms with Gasteiger partial charge in [-0.25, -0.2) is 4.98 Å². The molecule has 2 atom stereocenters. The fraction of sp³-hybridized carbons (Fsp3) is 0.385. The molecule has 0 radical (unpaired) electrons. The summed E-state index contributed by atoms with van der Waals surface area (Å²) >= 11 is 1.35. The third-order valence-corrected chi connectivity index (χ3v) is 3.83. The number of aromatic nitrogens is 1. The molecule has 2 unspecified atom stereocenters. The van der Waals surface area contributed by atoms with Crippen molar-refractivity contribution >= 4 is 34.8 Å². The van der Waals surface area contributed by atoms with Gasteiger partial charge in [0.15, 0.2) is 10.9 Å². The maximum Gasteiger partial charge on any atom is 0.243 e. The summed E-state index contributed by atoms with van der Waals surface area (Å²) in [5, 5.41) is 5.11. The van der Waals surface area contributed by atoms with Crippen molar-refractivity contribution in [3.05, 3.63) is 23.8 Å². The maximum absolute atomic E-state index is 11.9. The SMILES string of the molecule is CCC(C)C(N)C(=O)Nc1nc(-c2ccco2)cs1.Cl. The number of nitrogens with zero attached hydrogens (tertiary/aromatic N) is 1. The van der Waals surface area contributed by atoms with Crippen LogP contribution in [0.3, 0.4) is 0 Å². The number of hydrogen-bond acceptors (Lipinski definition) is 5. The normalized spacial score (nSPS) is 13.3. The van der Waals surface area contributed by atoms with E-state index in [-0.39, 0.29) is 24.2 Å². The molecule has 0 saturated heterocycles. The van der Waals surface area contributed by atoms with Crippen molar-refractivity contribution in [2.45, 2.75) is 26.3 Å². The van der Waals surface area contributed by atoms with E-state index in [0.29, 0.717) is 16.6 Å². The van der Waals surface area contributed by atoms with Crippen LogP contribution in [-0.2, 0) is 4.79 Å². The van der Waals surface area contributed by atoms with Crippen molar-refractivity contribution < 1.29 is 9.21 Å². The molecule has 2 aromatic heterocycles. The minimum Gasteiger partial charge on any atom is -0.463 e. The van der Waals surface area contributed by atoms with E-state index in [1.807, 2.05) is 25.3 Å². The highest BCUT2D eigenvalue weighted by atomic mass is 35.5. The average Bonchev–Trinajstić information content (AvgIpc) is 3.06. The van der Waals surface area contributed by atoms with Gasteiger partial charge in [-0.1, -0.05) is 20.3 Å². The number of thiazole rings is 1. The minimum absolute atomic E-state index is 0. The molecule has 20 heavy (non-hydrogen) atoms. The second-order valence-electron chi connectivity index (χ2n) is 4.42. The van der Waals surface area contributed by atoms with E-state index in [2.05, 4.69) is 10.3 Å². The summed E-state index contributed by atoms with van der Waals surface area (Å²) in [5.74, 6) is 0.627. The van der Waals surface area contributed by atoms with Crippen LogP contribution in [0.15, 0.2) is 28.2 Å². The summed E-state index contributed by atoms with van der Waals surface area (Å²) in [6.07, 6.45) is 2.45.